The van der Waals surface area contributed by atoms with Gasteiger partial charge in [-0.3, -0.25) is 9.59 Å². The van der Waals surface area contributed by atoms with Gasteiger partial charge in [0, 0.05) is 39.0 Å². The SMILES string of the molecule is CCC=CCC=CCC=CCC=CCC=CCC=CCCC(=O)N1CCN(C(=O)CCCC=CCC=CCC=CCC=CCC=CCC)CC1. The number of allylic oxidation sites excluding steroid dienone is 22. The molecule has 0 spiro atoms. The van der Waals surface area contributed by atoms with Crippen LogP contribution in [0.2, 0.25) is 0 Å². The highest BCUT2D eigenvalue weighted by atomic mass is 16.2. The normalized spacial score (nSPS) is 15.2. The molecule has 0 aromatic carbocycles. The number of carbonyl (C=O) groups is 2. The molecule has 4 nitrogen and oxygen atoms in total. The highest BCUT2D eigenvalue weighted by Crippen LogP contribution is 2.10. The number of piperazine rings is 1. The first-order valence-corrected chi connectivity index (χ1v) is 19.4. The maximum atomic E-state index is 12.6. The lowest BCUT2D eigenvalue weighted by atomic mass is 10.1. The molecule has 0 bridgehead atoms. The monoisotopic (exact) mass is 681 g/mol. The Morgan fingerprint density at radius 2 is 0.620 bits per heavy atom. The number of nitrogens with zero attached hydrogens (tertiary/aromatic N) is 2. The number of amides is 2. The molecule has 0 unspecified atom stereocenters. The molecule has 0 saturated carbocycles. The predicted octanol–water partition coefficient (Wildman–Crippen LogP) is 12.1. The number of carbonyl (C=O) groups excluding carboxylic acids is 2. The second kappa shape index (κ2) is 34.9. The molecule has 50 heavy (non-hydrogen) atoms. The fraction of sp³-hybridized carbons (Fsp3) is 0.478. The summed E-state index contributed by atoms with van der Waals surface area (Å²) in [5.41, 5.74) is 0. The summed E-state index contributed by atoms with van der Waals surface area (Å²) < 4.78 is 0. The average molecular weight is 681 g/mol. The van der Waals surface area contributed by atoms with Crippen LogP contribution in [0.4, 0.5) is 0 Å². The van der Waals surface area contributed by atoms with Crippen molar-refractivity contribution in [2.24, 2.45) is 0 Å². The van der Waals surface area contributed by atoms with Gasteiger partial charge in [-0.25, -0.2) is 0 Å². The molecule has 0 aliphatic carbocycles. The van der Waals surface area contributed by atoms with Crippen molar-refractivity contribution in [2.75, 3.05) is 26.2 Å². The van der Waals surface area contributed by atoms with Crippen LogP contribution in [0, 0.1) is 0 Å². The van der Waals surface area contributed by atoms with Crippen molar-refractivity contribution in [3.05, 3.63) is 134 Å². The first kappa shape index (κ1) is 44.1. The number of hydrogen-bond donors (Lipinski definition) is 0. The Balaban J connectivity index is 2.04. The highest BCUT2D eigenvalue weighted by molar-refractivity contribution is 5.78. The number of hydrogen-bond acceptors (Lipinski definition) is 2. The summed E-state index contributed by atoms with van der Waals surface area (Å²) in [5.74, 6) is 0.400. The molecule has 4 heteroatoms. The van der Waals surface area contributed by atoms with Crippen LogP contribution in [0.1, 0.15) is 117 Å². The van der Waals surface area contributed by atoms with Crippen LogP contribution >= 0.6 is 0 Å². The smallest absolute Gasteiger partial charge is 0.223 e. The van der Waals surface area contributed by atoms with E-state index in [1.165, 1.54) is 0 Å². The van der Waals surface area contributed by atoms with Crippen molar-refractivity contribution >= 4 is 11.8 Å². The molecule has 0 radical (unpaired) electrons. The van der Waals surface area contributed by atoms with E-state index in [2.05, 4.69) is 148 Å². The summed E-state index contributed by atoms with van der Waals surface area (Å²) in [5, 5.41) is 0. The largest absolute Gasteiger partial charge is 0.339 e. The average Bonchev–Trinajstić information content (AvgIpc) is 3.13. The topological polar surface area (TPSA) is 40.6 Å². The van der Waals surface area contributed by atoms with E-state index in [0.29, 0.717) is 39.0 Å². The first-order valence-electron chi connectivity index (χ1n) is 19.4. The van der Waals surface area contributed by atoms with Gasteiger partial charge in [0.2, 0.25) is 11.8 Å². The lowest BCUT2D eigenvalue weighted by Gasteiger charge is -2.35. The molecule has 0 aromatic rings. The molecule has 274 valence electrons. The Morgan fingerprint density at radius 3 is 0.940 bits per heavy atom. The summed E-state index contributed by atoms with van der Waals surface area (Å²) in [6, 6.07) is 0. The van der Waals surface area contributed by atoms with Crippen LogP contribution in [0.3, 0.4) is 0 Å². The standard InChI is InChI=1S/C46H68N2O2/c1-3-5-7-9-11-13-15-17-19-21-22-24-26-28-30-32-34-36-38-40-46(50)48-43-41-47(42-44-48)45(49)39-37-35-33-31-29-27-25-23-20-18-16-14-12-10-8-6-4-2/h5-8,11-14,17-20,22,24-25,27-28,30-31,33-34,36H,3-4,9-10,15-16,21,23,26,29,32,35,37-44H2,1-2H3. The van der Waals surface area contributed by atoms with E-state index < -0.39 is 0 Å². The third-order valence-electron chi connectivity index (χ3n) is 8.03. The zero-order valence-electron chi connectivity index (χ0n) is 31.6. The van der Waals surface area contributed by atoms with Crippen LogP contribution in [-0.4, -0.2) is 47.8 Å². The summed E-state index contributed by atoms with van der Waals surface area (Å²) in [7, 11) is 0. The molecule has 1 saturated heterocycles. The fourth-order valence-electron chi connectivity index (χ4n) is 5.11. The molecule has 2 amide bonds. The van der Waals surface area contributed by atoms with E-state index in [9.17, 15) is 9.59 Å². The van der Waals surface area contributed by atoms with Crippen molar-refractivity contribution < 1.29 is 9.59 Å². The molecule has 0 aromatic heterocycles. The summed E-state index contributed by atoms with van der Waals surface area (Å²) in [6.45, 7) is 6.88. The molecule has 1 aliphatic heterocycles. The third-order valence-corrected chi connectivity index (χ3v) is 8.03. The maximum absolute atomic E-state index is 12.6. The maximum Gasteiger partial charge on any atom is 0.223 e. The van der Waals surface area contributed by atoms with Gasteiger partial charge in [-0.1, -0.05) is 148 Å². The Hall–Kier alpha value is -3.92. The summed E-state index contributed by atoms with van der Waals surface area (Å²) in [6.07, 6.45) is 62.9. The Kier molecular flexibility index (Phi) is 30.8. The van der Waals surface area contributed by atoms with Gasteiger partial charge in [0.05, 0.1) is 0 Å². The number of unbranched alkanes of at least 4 members (excludes halogenated alkanes) is 1. The molecule has 0 N–H and O–H groups in total. The van der Waals surface area contributed by atoms with Crippen LogP contribution in [0.25, 0.3) is 0 Å². The first-order chi connectivity index (χ1) is 24.7. The van der Waals surface area contributed by atoms with Crippen molar-refractivity contribution in [1.82, 2.24) is 9.80 Å². The van der Waals surface area contributed by atoms with Gasteiger partial charge < -0.3 is 9.80 Å². The molecule has 1 rings (SSSR count). The second-order valence-corrected chi connectivity index (χ2v) is 12.3. The van der Waals surface area contributed by atoms with Gasteiger partial charge in [-0.2, -0.15) is 0 Å². The lowest BCUT2D eigenvalue weighted by molar-refractivity contribution is -0.139. The highest BCUT2D eigenvalue weighted by Gasteiger charge is 2.23. The molecule has 1 aliphatic rings. The van der Waals surface area contributed by atoms with Crippen molar-refractivity contribution in [3.63, 3.8) is 0 Å². The van der Waals surface area contributed by atoms with Gasteiger partial charge in [0.15, 0.2) is 0 Å². The van der Waals surface area contributed by atoms with E-state index in [0.717, 1.165) is 89.9 Å². The molecule has 1 heterocycles. The zero-order chi connectivity index (χ0) is 36.0. The Labute approximate surface area is 306 Å². The van der Waals surface area contributed by atoms with E-state index >= 15 is 0 Å². The minimum absolute atomic E-state index is 0.190. The van der Waals surface area contributed by atoms with Crippen LogP contribution in [0.5, 0.6) is 0 Å². The zero-order valence-corrected chi connectivity index (χ0v) is 31.6. The van der Waals surface area contributed by atoms with Gasteiger partial charge in [-0.15, -0.1) is 0 Å². The summed E-state index contributed by atoms with van der Waals surface area (Å²) in [4.78, 5) is 29.1. The van der Waals surface area contributed by atoms with E-state index in [1.54, 1.807) is 0 Å². The molecule has 1 fully saturated rings. The van der Waals surface area contributed by atoms with E-state index in [4.69, 9.17) is 0 Å². The molecular formula is C46H68N2O2. The van der Waals surface area contributed by atoms with E-state index in [-0.39, 0.29) is 11.8 Å². The fourth-order valence-corrected chi connectivity index (χ4v) is 5.11. The van der Waals surface area contributed by atoms with Crippen LogP contribution in [0.15, 0.2) is 134 Å². The third kappa shape index (κ3) is 28.0. The van der Waals surface area contributed by atoms with Gasteiger partial charge in [0.25, 0.3) is 0 Å². The van der Waals surface area contributed by atoms with E-state index in [1.807, 2.05) is 9.80 Å². The summed E-state index contributed by atoms with van der Waals surface area (Å²) >= 11 is 0. The van der Waals surface area contributed by atoms with Crippen molar-refractivity contribution in [2.45, 2.75) is 117 Å². The Morgan fingerprint density at radius 1 is 0.360 bits per heavy atom. The van der Waals surface area contributed by atoms with Crippen molar-refractivity contribution in [1.29, 1.82) is 0 Å². The lowest BCUT2D eigenvalue weighted by Crippen LogP contribution is -2.50. The van der Waals surface area contributed by atoms with Gasteiger partial charge in [0.1, 0.15) is 0 Å². The minimum Gasteiger partial charge on any atom is -0.339 e. The molecular weight excluding hydrogens is 613 g/mol. The van der Waals surface area contributed by atoms with Crippen LogP contribution < -0.4 is 0 Å². The predicted molar refractivity (Wildman–Crippen MR) is 219 cm³/mol. The Bertz CT molecular complexity index is 1180. The van der Waals surface area contributed by atoms with Crippen molar-refractivity contribution in [3.8, 4) is 0 Å². The molecule has 0 atom stereocenters. The number of rotatable bonds is 27. The second-order valence-electron chi connectivity index (χ2n) is 12.3. The van der Waals surface area contributed by atoms with Gasteiger partial charge in [-0.05, 0) is 89.9 Å². The minimum atomic E-state index is 0.190. The van der Waals surface area contributed by atoms with Gasteiger partial charge >= 0.3 is 0 Å². The quantitative estimate of drug-likeness (QED) is 0.0640. The van der Waals surface area contributed by atoms with Crippen LogP contribution in [-0.2, 0) is 9.59 Å².